The zero-order valence-electron chi connectivity index (χ0n) is 13.5. The molecule has 2 aromatic rings. The van der Waals surface area contributed by atoms with E-state index in [1.54, 1.807) is 7.05 Å². The summed E-state index contributed by atoms with van der Waals surface area (Å²) in [6.45, 7) is 2.23. The smallest absolute Gasteiger partial charge is 0.328 e. The number of ether oxygens (including phenoxy) is 1. The summed E-state index contributed by atoms with van der Waals surface area (Å²) < 4.78 is 7.76. The van der Waals surface area contributed by atoms with Crippen LogP contribution in [0.3, 0.4) is 0 Å². The molecule has 3 rings (SSSR count). The van der Waals surface area contributed by atoms with Gasteiger partial charge in [0, 0.05) is 7.05 Å². The maximum Gasteiger partial charge on any atom is 0.328 e. The van der Waals surface area contributed by atoms with Crippen LogP contribution in [0.1, 0.15) is 24.5 Å². The second-order valence-electron chi connectivity index (χ2n) is 5.50. The number of halogens is 2. The van der Waals surface area contributed by atoms with Crippen molar-refractivity contribution in [3.05, 3.63) is 32.2 Å². The van der Waals surface area contributed by atoms with E-state index in [1.807, 2.05) is 25.1 Å². The second kappa shape index (κ2) is 7.56. The number of amides is 2. The normalized spacial score (nSPS) is 18.8. The van der Waals surface area contributed by atoms with Gasteiger partial charge in [0.05, 0.1) is 15.5 Å². The van der Waals surface area contributed by atoms with Crippen LogP contribution in [-0.4, -0.2) is 46.1 Å². The standard InChI is InChI=1S/C15H16Br2N4O3S/c1-3-10(24-12-8(16)5-4-6-9(12)17)13-18-19-14(25-13)21-11(22)7-20(2)15(21)23/h4-6,10-11,22H,3,7H2,1-2H3. The number of carbonyl (C=O) groups excluding carboxylic acids is 1. The van der Waals surface area contributed by atoms with Crippen LogP contribution in [0.2, 0.25) is 0 Å². The van der Waals surface area contributed by atoms with Gasteiger partial charge in [0.1, 0.15) is 5.75 Å². The molecule has 0 aliphatic carbocycles. The number of aliphatic hydroxyl groups excluding tert-OH is 1. The highest BCUT2D eigenvalue weighted by Gasteiger charge is 2.37. The Labute approximate surface area is 165 Å². The molecule has 2 amide bonds. The van der Waals surface area contributed by atoms with Gasteiger partial charge in [0.25, 0.3) is 0 Å². The van der Waals surface area contributed by atoms with Gasteiger partial charge in [-0.05, 0) is 50.4 Å². The molecule has 1 N–H and O–H groups in total. The van der Waals surface area contributed by atoms with Crippen LogP contribution in [0.25, 0.3) is 0 Å². The fourth-order valence-corrected chi connectivity index (χ4v) is 4.61. The van der Waals surface area contributed by atoms with Crippen LogP contribution < -0.4 is 9.64 Å². The fourth-order valence-electron chi connectivity index (χ4n) is 2.43. The number of likely N-dealkylation sites (N-methyl/N-ethyl adjacent to an activating group) is 1. The first-order chi connectivity index (χ1) is 11.9. The number of hydrogen-bond acceptors (Lipinski definition) is 6. The molecule has 0 saturated carbocycles. The fraction of sp³-hybridized carbons (Fsp3) is 0.400. The van der Waals surface area contributed by atoms with Crippen LogP contribution in [0.4, 0.5) is 9.93 Å². The van der Waals surface area contributed by atoms with Crippen molar-refractivity contribution in [1.82, 2.24) is 15.1 Å². The number of benzene rings is 1. The maximum atomic E-state index is 12.1. The Balaban J connectivity index is 1.84. The summed E-state index contributed by atoms with van der Waals surface area (Å²) in [7, 11) is 1.63. The van der Waals surface area contributed by atoms with Crippen molar-refractivity contribution in [2.45, 2.75) is 25.7 Å². The number of anilines is 1. The minimum Gasteiger partial charge on any atom is -0.481 e. The van der Waals surface area contributed by atoms with Gasteiger partial charge >= 0.3 is 6.03 Å². The number of nitrogens with zero attached hydrogens (tertiary/aromatic N) is 4. The summed E-state index contributed by atoms with van der Waals surface area (Å²) in [4.78, 5) is 14.8. The summed E-state index contributed by atoms with van der Waals surface area (Å²) in [6.07, 6.45) is -0.552. The van der Waals surface area contributed by atoms with E-state index in [2.05, 4.69) is 42.1 Å². The van der Waals surface area contributed by atoms with E-state index in [0.717, 1.165) is 8.95 Å². The molecule has 1 fully saturated rings. The lowest BCUT2D eigenvalue weighted by Gasteiger charge is -2.17. The van der Waals surface area contributed by atoms with Gasteiger partial charge in [-0.1, -0.05) is 24.3 Å². The van der Waals surface area contributed by atoms with Crippen LogP contribution in [0.15, 0.2) is 27.1 Å². The predicted octanol–water partition coefficient (Wildman–Crippen LogP) is 3.78. The quantitative estimate of drug-likeness (QED) is 0.688. The first kappa shape index (κ1) is 18.6. The van der Waals surface area contributed by atoms with Crippen molar-refractivity contribution in [2.24, 2.45) is 0 Å². The molecule has 2 atom stereocenters. The zero-order valence-corrected chi connectivity index (χ0v) is 17.5. The molecule has 1 aliphatic heterocycles. The molecular weight excluding hydrogens is 476 g/mol. The molecule has 0 radical (unpaired) electrons. The largest absolute Gasteiger partial charge is 0.481 e. The van der Waals surface area contributed by atoms with Gasteiger partial charge < -0.3 is 14.7 Å². The predicted molar refractivity (Wildman–Crippen MR) is 102 cm³/mol. The molecular formula is C15H16Br2N4O3S. The summed E-state index contributed by atoms with van der Waals surface area (Å²) in [5, 5.41) is 19.3. The third-order valence-electron chi connectivity index (χ3n) is 3.73. The monoisotopic (exact) mass is 490 g/mol. The van der Waals surface area contributed by atoms with Crippen LogP contribution >= 0.6 is 43.2 Å². The lowest BCUT2D eigenvalue weighted by atomic mass is 10.3. The molecule has 1 saturated heterocycles. The van der Waals surface area contributed by atoms with Gasteiger partial charge in [-0.3, -0.25) is 0 Å². The number of rotatable bonds is 5. The number of β-amino-alcohol motifs (C(OH)–C–C–N with tert-alkyl or cyclic N) is 1. The van der Waals surface area contributed by atoms with Crippen molar-refractivity contribution >= 4 is 54.4 Å². The third-order valence-corrected chi connectivity index (χ3v) is 5.99. The van der Waals surface area contributed by atoms with Gasteiger partial charge in [0.2, 0.25) is 5.13 Å². The average molecular weight is 492 g/mol. The molecule has 1 aromatic heterocycles. The van der Waals surface area contributed by atoms with E-state index in [-0.39, 0.29) is 18.7 Å². The van der Waals surface area contributed by atoms with E-state index in [1.165, 1.54) is 21.1 Å². The Morgan fingerprint density at radius 1 is 1.40 bits per heavy atom. The molecule has 2 unspecified atom stereocenters. The Kier molecular flexibility index (Phi) is 5.62. The van der Waals surface area contributed by atoms with Crippen molar-refractivity contribution < 1.29 is 14.6 Å². The van der Waals surface area contributed by atoms with Gasteiger partial charge in [-0.25, -0.2) is 9.69 Å². The summed E-state index contributed by atoms with van der Waals surface area (Å²) >= 11 is 8.20. The van der Waals surface area contributed by atoms with E-state index in [0.29, 0.717) is 22.3 Å². The highest BCUT2D eigenvalue weighted by molar-refractivity contribution is 9.11. The van der Waals surface area contributed by atoms with Crippen LogP contribution in [0.5, 0.6) is 5.75 Å². The van der Waals surface area contributed by atoms with Crippen molar-refractivity contribution in [3.63, 3.8) is 0 Å². The number of aliphatic hydroxyl groups is 1. The average Bonchev–Trinajstić information content (AvgIpc) is 3.12. The first-order valence-corrected chi connectivity index (χ1v) is 9.99. The molecule has 10 heteroatoms. The molecule has 0 spiro atoms. The van der Waals surface area contributed by atoms with Gasteiger partial charge in [-0.2, -0.15) is 0 Å². The minimum absolute atomic E-state index is 0.241. The lowest BCUT2D eigenvalue weighted by molar-refractivity contribution is 0.183. The molecule has 1 aliphatic rings. The number of para-hydroxylation sites is 1. The van der Waals surface area contributed by atoms with Crippen LogP contribution in [-0.2, 0) is 0 Å². The Hall–Kier alpha value is -1.23. The lowest BCUT2D eigenvalue weighted by Crippen LogP contribution is -2.34. The Morgan fingerprint density at radius 3 is 2.64 bits per heavy atom. The number of hydrogen-bond donors (Lipinski definition) is 1. The zero-order chi connectivity index (χ0) is 18.1. The molecule has 25 heavy (non-hydrogen) atoms. The van der Waals surface area contributed by atoms with E-state index < -0.39 is 6.23 Å². The number of urea groups is 1. The molecule has 7 nitrogen and oxygen atoms in total. The van der Waals surface area contributed by atoms with Crippen LogP contribution in [0, 0.1) is 0 Å². The number of aromatic nitrogens is 2. The molecule has 2 heterocycles. The summed E-state index contributed by atoms with van der Waals surface area (Å²) in [6, 6.07) is 5.40. The molecule has 0 bridgehead atoms. The summed E-state index contributed by atoms with van der Waals surface area (Å²) in [5.41, 5.74) is 0. The number of carbonyl (C=O) groups is 1. The van der Waals surface area contributed by atoms with E-state index in [4.69, 9.17) is 4.74 Å². The maximum absolute atomic E-state index is 12.1. The van der Waals surface area contributed by atoms with Crippen molar-refractivity contribution in [1.29, 1.82) is 0 Å². The van der Waals surface area contributed by atoms with E-state index >= 15 is 0 Å². The topological polar surface area (TPSA) is 78.8 Å². The van der Waals surface area contributed by atoms with Crippen molar-refractivity contribution in [2.75, 3.05) is 18.5 Å². The highest BCUT2D eigenvalue weighted by atomic mass is 79.9. The minimum atomic E-state index is -0.920. The highest BCUT2D eigenvalue weighted by Crippen LogP contribution is 2.38. The first-order valence-electron chi connectivity index (χ1n) is 7.58. The van der Waals surface area contributed by atoms with E-state index in [9.17, 15) is 9.90 Å². The Bertz CT molecular complexity index is 768. The van der Waals surface area contributed by atoms with Crippen molar-refractivity contribution in [3.8, 4) is 5.75 Å². The summed E-state index contributed by atoms with van der Waals surface area (Å²) in [5.74, 6) is 0.683. The van der Waals surface area contributed by atoms with Gasteiger partial charge in [-0.15, -0.1) is 10.2 Å². The SMILES string of the molecule is CCC(Oc1c(Br)cccc1Br)c1nnc(N2C(=O)N(C)CC2O)s1. The Morgan fingerprint density at radius 2 is 2.08 bits per heavy atom. The van der Waals surface area contributed by atoms with Gasteiger partial charge in [0.15, 0.2) is 17.3 Å². The molecule has 134 valence electrons. The second-order valence-corrected chi connectivity index (χ2v) is 8.20. The molecule has 1 aromatic carbocycles. The third kappa shape index (κ3) is 3.67.